The van der Waals surface area contributed by atoms with Crippen LogP contribution in [0.2, 0.25) is 0 Å². The quantitative estimate of drug-likeness (QED) is 0.124. The molecule has 1 aromatic rings. The molecular weight excluding hydrogens is 566 g/mol. The van der Waals surface area contributed by atoms with Gasteiger partial charge >= 0.3 is 0 Å². The highest BCUT2D eigenvalue weighted by Crippen LogP contribution is 2.49. The fourth-order valence-electron chi connectivity index (χ4n) is 7.92. The van der Waals surface area contributed by atoms with Crippen LogP contribution in [-0.4, -0.2) is 77.4 Å². The van der Waals surface area contributed by atoms with Crippen LogP contribution in [0.1, 0.15) is 83.6 Å². The number of likely N-dealkylation sites (N-methyl/N-ethyl adjacent to an activating group) is 1. The van der Waals surface area contributed by atoms with Gasteiger partial charge in [0, 0.05) is 38.6 Å². The molecule has 45 heavy (non-hydrogen) atoms. The number of hydrogen-bond donors (Lipinski definition) is 5. The fourth-order valence-corrected chi connectivity index (χ4v) is 7.92. The number of ether oxygens (including phenoxy) is 2. The Kier molecular flexibility index (Phi) is 12.3. The SMILES string of the molecule is CCCCC1[OH+][C-](CCc2ccc(O)c(OCCC3=C[C+]4C(=N3)CCC3CCCC3C4C(CNC)NCC(C)O)c2)C=C1CO. The molecule has 2 fully saturated rings. The lowest BCUT2D eigenvalue weighted by Gasteiger charge is -2.33. The summed E-state index contributed by atoms with van der Waals surface area (Å²) in [7, 11) is 2.01. The van der Waals surface area contributed by atoms with Crippen molar-refractivity contribution in [2.24, 2.45) is 22.7 Å². The normalized spacial score (nSPS) is 25.8. The Morgan fingerprint density at radius 3 is 2.84 bits per heavy atom. The molecule has 0 saturated heterocycles. The third kappa shape index (κ3) is 8.66. The van der Waals surface area contributed by atoms with Crippen molar-refractivity contribution in [3.8, 4) is 11.5 Å². The van der Waals surface area contributed by atoms with Crippen LogP contribution in [0.25, 0.3) is 0 Å². The summed E-state index contributed by atoms with van der Waals surface area (Å²) in [5.41, 5.74) is 4.40. The smallest absolute Gasteiger partial charge is 0.178 e. The standard InChI is InChI=1S/C37H55N3O5/c1-4-5-9-35-27(23-41)19-29(45-35)13-10-25-11-15-34(43)36(18-25)44-17-16-28-20-31-32(40-28)14-12-26-7-6-8-30(26)37(31)33(22-38-3)39-21-24(2)42/h11,15,18-20,24,26,30,33,35,37-39,41-42,45H,4-10,12-14,16-17,21-23H2,1-3H3/p+1. The van der Waals surface area contributed by atoms with E-state index in [-0.39, 0.29) is 30.6 Å². The van der Waals surface area contributed by atoms with Crippen LogP contribution < -0.4 is 15.4 Å². The van der Waals surface area contributed by atoms with Gasteiger partial charge in [0.2, 0.25) is 0 Å². The summed E-state index contributed by atoms with van der Waals surface area (Å²) in [6, 6.07) is 5.84. The van der Waals surface area contributed by atoms with Crippen molar-refractivity contribution in [1.82, 2.24) is 10.6 Å². The molecule has 2 aliphatic heterocycles. The van der Waals surface area contributed by atoms with E-state index in [1.165, 1.54) is 37.3 Å². The van der Waals surface area contributed by atoms with Crippen molar-refractivity contribution in [2.45, 2.75) is 103 Å². The van der Waals surface area contributed by atoms with Gasteiger partial charge in [-0.15, -0.1) is 16.6 Å². The number of aliphatic hydroxyl groups excluding tert-OH is 2. The lowest BCUT2D eigenvalue weighted by molar-refractivity contribution is -0.0550. The molecule has 6 unspecified atom stereocenters. The lowest BCUT2D eigenvalue weighted by atomic mass is 9.72. The zero-order valence-corrected chi connectivity index (χ0v) is 27.6. The number of aryl methyl sites for hydroxylation is 1. The molecule has 2 aliphatic carbocycles. The summed E-state index contributed by atoms with van der Waals surface area (Å²) in [5, 5.41) is 37.4. The van der Waals surface area contributed by atoms with Crippen LogP contribution in [0.15, 0.2) is 46.6 Å². The summed E-state index contributed by atoms with van der Waals surface area (Å²) in [6.45, 7) is 5.97. The predicted molar refractivity (Wildman–Crippen MR) is 180 cm³/mol. The number of aliphatic hydroxyl groups is 4. The second kappa shape index (κ2) is 16.4. The highest BCUT2D eigenvalue weighted by atomic mass is 16.5. The Labute approximate surface area is 270 Å². The topological polar surface area (TPSA) is 119 Å². The number of unbranched alkanes of at least 4 members (excludes halogenated alkanes) is 1. The van der Waals surface area contributed by atoms with E-state index in [1.807, 2.05) is 26.1 Å². The molecule has 8 nitrogen and oxygen atoms in total. The van der Waals surface area contributed by atoms with Gasteiger partial charge in [-0.25, -0.2) is 0 Å². The maximum Gasteiger partial charge on any atom is 0.178 e. The molecule has 1 aromatic carbocycles. The van der Waals surface area contributed by atoms with Gasteiger partial charge < -0.3 is 35.4 Å². The van der Waals surface area contributed by atoms with Crippen molar-refractivity contribution in [1.29, 1.82) is 0 Å². The van der Waals surface area contributed by atoms with E-state index in [0.29, 0.717) is 37.2 Å². The molecule has 8 heteroatoms. The second-order valence-corrected chi connectivity index (χ2v) is 13.5. The molecule has 4 aliphatic rings. The van der Waals surface area contributed by atoms with Gasteiger partial charge in [-0.2, -0.15) is 0 Å². The summed E-state index contributed by atoms with van der Waals surface area (Å²) in [5.74, 6) is 3.80. The molecule has 248 valence electrons. The number of rotatable bonds is 17. The first-order chi connectivity index (χ1) is 21.9. The molecule has 5 rings (SSSR count). The van der Waals surface area contributed by atoms with Gasteiger partial charge in [-0.1, -0.05) is 32.3 Å². The molecule has 6 atom stereocenters. The van der Waals surface area contributed by atoms with Crippen molar-refractivity contribution in [3.05, 3.63) is 59.2 Å². The van der Waals surface area contributed by atoms with Crippen molar-refractivity contribution in [2.75, 3.05) is 33.4 Å². The second-order valence-electron chi connectivity index (χ2n) is 13.5. The van der Waals surface area contributed by atoms with E-state index < -0.39 is 0 Å². The van der Waals surface area contributed by atoms with Gasteiger partial charge in [0.05, 0.1) is 24.5 Å². The summed E-state index contributed by atoms with van der Waals surface area (Å²) in [4.78, 5) is 5.13. The third-order valence-corrected chi connectivity index (χ3v) is 10.2. The number of nitrogens with one attached hydrogen (secondary N) is 2. The molecule has 0 radical (unpaired) electrons. The van der Waals surface area contributed by atoms with Crippen LogP contribution in [-0.2, 0) is 6.42 Å². The Balaban J connectivity index is 1.19. The molecule has 0 bridgehead atoms. The van der Waals surface area contributed by atoms with E-state index in [2.05, 4.69) is 29.7 Å². The van der Waals surface area contributed by atoms with Gasteiger partial charge in [-0.3, -0.25) is 0 Å². The molecule has 0 aromatic heterocycles. The number of nitrogens with zero attached hydrogens (tertiary/aromatic N) is 1. The van der Waals surface area contributed by atoms with Gasteiger partial charge in [0.1, 0.15) is 30.4 Å². The monoisotopic (exact) mass is 622 g/mol. The van der Waals surface area contributed by atoms with Gasteiger partial charge in [0.15, 0.2) is 17.2 Å². The van der Waals surface area contributed by atoms with Gasteiger partial charge in [0.25, 0.3) is 0 Å². The number of allylic oxidation sites excluding steroid dienone is 1. The molecule has 0 amide bonds. The van der Waals surface area contributed by atoms with Crippen LogP contribution in [0.5, 0.6) is 11.5 Å². The summed E-state index contributed by atoms with van der Waals surface area (Å²) < 4.78 is 11.0. The van der Waals surface area contributed by atoms with E-state index >= 15 is 0 Å². The van der Waals surface area contributed by atoms with E-state index in [4.69, 9.17) is 14.5 Å². The minimum atomic E-state index is -0.385. The molecule has 0 spiro atoms. The minimum Gasteiger partial charge on any atom is -0.504 e. The van der Waals surface area contributed by atoms with Crippen LogP contribution in [0.4, 0.5) is 0 Å². The number of aromatic hydroxyl groups is 1. The number of fused-ring (bicyclic) bond motifs is 2. The highest BCUT2D eigenvalue weighted by Gasteiger charge is 2.51. The van der Waals surface area contributed by atoms with Crippen molar-refractivity contribution in [3.63, 3.8) is 0 Å². The highest BCUT2D eigenvalue weighted by molar-refractivity contribution is 6.03. The molecule has 2 saturated carbocycles. The van der Waals surface area contributed by atoms with E-state index in [0.717, 1.165) is 73.9 Å². The van der Waals surface area contributed by atoms with Crippen molar-refractivity contribution < 1.29 is 24.8 Å². The maximum atomic E-state index is 10.6. The zero-order chi connectivity index (χ0) is 31.8. The van der Waals surface area contributed by atoms with E-state index in [1.54, 1.807) is 6.07 Å². The Morgan fingerprint density at radius 2 is 2.07 bits per heavy atom. The first kappa shape index (κ1) is 33.9. The average molecular weight is 623 g/mol. The van der Waals surface area contributed by atoms with Gasteiger partial charge in [-0.05, 0) is 75.6 Å². The zero-order valence-electron chi connectivity index (χ0n) is 27.6. The molecule has 2 heterocycles. The lowest BCUT2D eigenvalue weighted by Crippen LogP contribution is -2.50. The third-order valence-electron chi connectivity index (χ3n) is 10.2. The molecular formula is C37H56N3O5+. The van der Waals surface area contributed by atoms with Crippen LogP contribution in [0, 0.1) is 29.8 Å². The predicted octanol–water partition coefficient (Wildman–Crippen LogP) is 4.94. The Hall–Kier alpha value is -2.49. The van der Waals surface area contributed by atoms with E-state index in [9.17, 15) is 15.3 Å². The minimum absolute atomic E-state index is 0.0674. The number of phenols is 1. The largest absolute Gasteiger partial charge is 0.504 e. The van der Waals surface area contributed by atoms with Crippen LogP contribution in [0.3, 0.4) is 0 Å². The Bertz CT molecular complexity index is 1200. The number of hydrogen-bond acceptors (Lipinski definition) is 7. The maximum absolute atomic E-state index is 10.6. The first-order valence-corrected chi connectivity index (χ1v) is 17.4. The number of benzene rings is 1. The summed E-state index contributed by atoms with van der Waals surface area (Å²) in [6.07, 6.45) is 16.8. The first-order valence-electron chi connectivity index (χ1n) is 17.4. The Morgan fingerprint density at radius 1 is 1.20 bits per heavy atom. The molecule has 6 N–H and O–H groups in total. The number of phenolic OH excluding ortho intramolecular Hbond substituents is 1. The van der Waals surface area contributed by atoms with Crippen LogP contribution >= 0.6 is 0 Å². The average Bonchev–Trinajstić information content (AvgIpc) is 3.75. The fraction of sp³-hybridized carbons (Fsp3) is 0.649. The number of aliphatic imine (C=N–C) groups is 1. The van der Waals surface area contributed by atoms with Crippen molar-refractivity contribution >= 4 is 5.71 Å². The summed E-state index contributed by atoms with van der Waals surface area (Å²) >= 11 is 0.